The number of nitrogens with two attached hydrogens (primary N) is 1. The number of aryl methyl sites for hydroxylation is 1. The quantitative estimate of drug-likeness (QED) is 0.820. The van der Waals surface area contributed by atoms with Crippen LogP contribution in [0.2, 0.25) is 0 Å². The number of hydrogen-bond acceptors (Lipinski definition) is 3. The highest BCUT2D eigenvalue weighted by Gasteiger charge is 2.10. The number of aromatic nitrogens is 2. The molecule has 0 radical (unpaired) electrons. The third kappa shape index (κ3) is 3.64. The van der Waals surface area contributed by atoms with Crippen molar-refractivity contribution in [3.63, 3.8) is 0 Å². The van der Waals surface area contributed by atoms with Crippen LogP contribution in [0.5, 0.6) is 0 Å². The summed E-state index contributed by atoms with van der Waals surface area (Å²) in [5.74, 6) is 0.993. The molecular weight excluding hydrogens is 190 g/mol. The minimum Gasteiger partial charge on any atom is -0.374 e. The van der Waals surface area contributed by atoms with Crippen LogP contribution in [0, 0.1) is 6.92 Å². The summed E-state index contributed by atoms with van der Waals surface area (Å²) in [7, 11) is 0. The molecule has 0 aliphatic heterocycles. The molecule has 0 fully saturated rings. The molecule has 0 atom stereocenters. The van der Waals surface area contributed by atoms with Crippen LogP contribution in [0.15, 0.2) is 6.20 Å². The van der Waals surface area contributed by atoms with Gasteiger partial charge in [-0.05, 0) is 27.7 Å². The fourth-order valence-electron chi connectivity index (χ4n) is 1.43. The van der Waals surface area contributed by atoms with Crippen molar-refractivity contribution in [3.8, 4) is 0 Å². The monoisotopic (exact) mass is 211 g/mol. The lowest BCUT2D eigenvalue weighted by atomic mass is 10.2. The molecule has 0 aromatic carbocycles. The minimum atomic E-state index is -0.0859. The molecular formula is C11H21N3O. The second-order valence-corrected chi connectivity index (χ2v) is 4.61. The predicted octanol–water partition coefficient (Wildman–Crippen LogP) is 1.47. The molecule has 0 bridgehead atoms. The molecule has 4 heteroatoms. The van der Waals surface area contributed by atoms with Gasteiger partial charge in [0.15, 0.2) is 0 Å². The molecule has 4 nitrogen and oxygen atoms in total. The van der Waals surface area contributed by atoms with Crippen LogP contribution < -0.4 is 5.73 Å². The number of imidazole rings is 1. The van der Waals surface area contributed by atoms with Crippen molar-refractivity contribution in [2.75, 3.05) is 6.61 Å². The van der Waals surface area contributed by atoms with E-state index in [1.54, 1.807) is 0 Å². The van der Waals surface area contributed by atoms with Crippen LogP contribution in [0.3, 0.4) is 0 Å². The zero-order valence-corrected chi connectivity index (χ0v) is 10.1. The SMILES string of the molecule is Cc1ncc(CN)n1CCOC(C)(C)C. The van der Waals surface area contributed by atoms with Crippen molar-refractivity contribution in [1.82, 2.24) is 9.55 Å². The van der Waals surface area contributed by atoms with Crippen molar-refractivity contribution < 1.29 is 4.74 Å². The molecule has 2 N–H and O–H groups in total. The summed E-state index contributed by atoms with van der Waals surface area (Å²) in [4.78, 5) is 4.23. The van der Waals surface area contributed by atoms with Gasteiger partial charge in [-0.25, -0.2) is 4.98 Å². The van der Waals surface area contributed by atoms with Gasteiger partial charge in [-0.2, -0.15) is 0 Å². The van der Waals surface area contributed by atoms with E-state index in [2.05, 4.69) is 30.3 Å². The van der Waals surface area contributed by atoms with Crippen molar-refractivity contribution in [3.05, 3.63) is 17.7 Å². The molecule has 1 rings (SSSR count). The summed E-state index contributed by atoms with van der Waals surface area (Å²) in [6, 6.07) is 0. The molecule has 15 heavy (non-hydrogen) atoms. The van der Waals surface area contributed by atoms with E-state index < -0.39 is 0 Å². The molecule has 0 saturated carbocycles. The Morgan fingerprint density at radius 1 is 1.47 bits per heavy atom. The van der Waals surface area contributed by atoms with Crippen LogP contribution in [-0.4, -0.2) is 21.8 Å². The maximum atomic E-state index is 5.67. The smallest absolute Gasteiger partial charge is 0.105 e. The standard InChI is InChI=1S/C11H21N3O/c1-9-13-8-10(7-12)14(9)5-6-15-11(2,3)4/h8H,5-7,12H2,1-4H3. The van der Waals surface area contributed by atoms with Gasteiger partial charge in [-0.3, -0.25) is 0 Å². The summed E-state index contributed by atoms with van der Waals surface area (Å²) in [6.45, 7) is 10.2. The van der Waals surface area contributed by atoms with Gasteiger partial charge >= 0.3 is 0 Å². The van der Waals surface area contributed by atoms with Gasteiger partial charge in [-0.15, -0.1) is 0 Å². The zero-order chi connectivity index (χ0) is 11.5. The maximum Gasteiger partial charge on any atom is 0.105 e. The van der Waals surface area contributed by atoms with E-state index in [4.69, 9.17) is 10.5 Å². The third-order valence-electron chi connectivity index (χ3n) is 2.20. The van der Waals surface area contributed by atoms with Gasteiger partial charge in [0, 0.05) is 19.3 Å². The highest BCUT2D eigenvalue weighted by molar-refractivity contribution is 5.03. The normalized spacial score (nSPS) is 12.1. The Kier molecular flexibility index (Phi) is 3.88. The average molecular weight is 211 g/mol. The van der Waals surface area contributed by atoms with Crippen LogP contribution in [0.4, 0.5) is 0 Å². The summed E-state index contributed by atoms with van der Waals surface area (Å²) in [5.41, 5.74) is 6.59. The lowest BCUT2D eigenvalue weighted by Gasteiger charge is -2.20. The molecule has 1 heterocycles. The van der Waals surface area contributed by atoms with E-state index in [-0.39, 0.29) is 5.60 Å². The molecule has 0 unspecified atom stereocenters. The second-order valence-electron chi connectivity index (χ2n) is 4.61. The van der Waals surface area contributed by atoms with E-state index in [9.17, 15) is 0 Å². The van der Waals surface area contributed by atoms with Crippen LogP contribution in [-0.2, 0) is 17.8 Å². The van der Waals surface area contributed by atoms with Crippen LogP contribution >= 0.6 is 0 Å². The van der Waals surface area contributed by atoms with Crippen LogP contribution in [0.1, 0.15) is 32.3 Å². The average Bonchev–Trinajstić information content (AvgIpc) is 2.46. The van der Waals surface area contributed by atoms with E-state index in [0.29, 0.717) is 13.2 Å². The number of hydrogen-bond donors (Lipinski definition) is 1. The summed E-state index contributed by atoms with van der Waals surface area (Å²) < 4.78 is 7.77. The Balaban J connectivity index is 2.53. The molecule has 0 aliphatic rings. The summed E-state index contributed by atoms with van der Waals surface area (Å²) in [6.07, 6.45) is 1.83. The predicted molar refractivity (Wildman–Crippen MR) is 60.6 cm³/mol. The number of nitrogens with zero attached hydrogens (tertiary/aromatic N) is 2. The molecule has 86 valence electrons. The lowest BCUT2D eigenvalue weighted by molar-refractivity contribution is -0.00722. The second kappa shape index (κ2) is 4.77. The zero-order valence-electron chi connectivity index (χ0n) is 10.1. The van der Waals surface area contributed by atoms with Crippen molar-refractivity contribution in [1.29, 1.82) is 0 Å². The lowest BCUT2D eigenvalue weighted by Crippen LogP contribution is -2.23. The highest BCUT2D eigenvalue weighted by Crippen LogP contribution is 2.08. The van der Waals surface area contributed by atoms with Gasteiger partial charge in [-0.1, -0.05) is 0 Å². The molecule has 0 saturated heterocycles. The molecule has 0 spiro atoms. The Bertz CT molecular complexity index is 312. The van der Waals surface area contributed by atoms with Gasteiger partial charge in [0.2, 0.25) is 0 Å². The summed E-state index contributed by atoms with van der Waals surface area (Å²) in [5, 5.41) is 0. The van der Waals surface area contributed by atoms with Gasteiger partial charge in [0.1, 0.15) is 5.82 Å². The fraction of sp³-hybridized carbons (Fsp3) is 0.727. The first-order valence-corrected chi connectivity index (χ1v) is 5.29. The van der Waals surface area contributed by atoms with E-state index >= 15 is 0 Å². The van der Waals surface area contributed by atoms with Crippen molar-refractivity contribution in [2.24, 2.45) is 5.73 Å². The Morgan fingerprint density at radius 3 is 2.67 bits per heavy atom. The topological polar surface area (TPSA) is 53.1 Å². The summed E-state index contributed by atoms with van der Waals surface area (Å²) >= 11 is 0. The highest BCUT2D eigenvalue weighted by atomic mass is 16.5. The Morgan fingerprint density at radius 2 is 2.13 bits per heavy atom. The maximum absolute atomic E-state index is 5.67. The Hall–Kier alpha value is -0.870. The first-order valence-electron chi connectivity index (χ1n) is 5.29. The Labute approximate surface area is 91.4 Å². The van der Waals surface area contributed by atoms with E-state index in [0.717, 1.165) is 18.1 Å². The first kappa shape index (κ1) is 12.2. The minimum absolute atomic E-state index is 0.0859. The number of rotatable bonds is 4. The molecule has 1 aromatic heterocycles. The van der Waals surface area contributed by atoms with E-state index in [1.807, 2.05) is 13.1 Å². The first-order chi connectivity index (χ1) is 6.94. The van der Waals surface area contributed by atoms with Gasteiger partial charge in [0.25, 0.3) is 0 Å². The largest absolute Gasteiger partial charge is 0.374 e. The molecule has 0 aliphatic carbocycles. The number of ether oxygens (including phenoxy) is 1. The molecule has 0 amide bonds. The third-order valence-corrected chi connectivity index (χ3v) is 2.20. The fourth-order valence-corrected chi connectivity index (χ4v) is 1.43. The van der Waals surface area contributed by atoms with E-state index in [1.165, 1.54) is 0 Å². The molecule has 1 aromatic rings. The van der Waals surface area contributed by atoms with Gasteiger partial charge < -0.3 is 15.0 Å². The van der Waals surface area contributed by atoms with Gasteiger partial charge in [0.05, 0.1) is 17.9 Å². The van der Waals surface area contributed by atoms with Crippen molar-refractivity contribution in [2.45, 2.75) is 46.4 Å². The van der Waals surface area contributed by atoms with Crippen molar-refractivity contribution >= 4 is 0 Å². The van der Waals surface area contributed by atoms with Crippen LogP contribution in [0.25, 0.3) is 0 Å².